The molecule has 0 aliphatic carbocycles. The lowest BCUT2D eigenvalue weighted by molar-refractivity contribution is -0.129. The molecule has 0 unspecified atom stereocenters. The van der Waals surface area contributed by atoms with Gasteiger partial charge in [-0.2, -0.15) is 10.1 Å². The maximum atomic E-state index is 13.4. The van der Waals surface area contributed by atoms with E-state index in [2.05, 4.69) is 60.2 Å². The Kier molecular flexibility index (Phi) is 8.98. The fourth-order valence-electron chi connectivity index (χ4n) is 5.66. The van der Waals surface area contributed by atoms with E-state index in [9.17, 15) is 14.7 Å². The van der Waals surface area contributed by atoms with Gasteiger partial charge in [-0.25, -0.2) is 4.79 Å². The number of carbonyl (C=O) groups excluding carboxylic acids is 1. The molecule has 0 aromatic heterocycles. The molecule has 0 saturated carbocycles. The number of benzene rings is 3. The number of nitrogens with zero attached hydrogens (tertiary/aromatic N) is 3. The van der Waals surface area contributed by atoms with Crippen molar-refractivity contribution in [2.24, 2.45) is 5.10 Å². The number of rotatable bonds is 11. The topological polar surface area (TPSA) is 73.2 Å². The molecule has 0 spiro atoms. The summed E-state index contributed by atoms with van der Waals surface area (Å²) in [7, 11) is 0. The largest absolute Gasteiger partial charge is 0.476 e. The minimum atomic E-state index is -1.21. The van der Waals surface area contributed by atoms with Gasteiger partial charge in [0, 0.05) is 17.9 Å². The number of fused-ring (bicyclic) bond motifs is 1. The summed E-state index contributed by atoms with van der Waals surface area (Å²) in [6, 6.07) is 22.3. The van der Waals surface area contributed by atoms with E-state index in [1.165, 1.54) is 53.8 Å². The minimum Gasteiger partial charge on any atom is -0.476 e. The van der Waals surface area contributed by atoms with Crippen molar-refractivity contribution in [1.29, 1.82) is 0 Å². The van der Waals surface area contributed by atoms with Crippen molar-refractivity contribution in [2.45, 2.75) is 71.6 Å². The molecule has 0 radical (unpaired) electrons. The van der Waals surface area contributed by atoms with Gasteiger partial charge in [0.25, 0.3) is 5.91 Å². The lowest BCUT2D eigenvalue weighted by atomic mass is 9.97. The van der Waals surface area contributed by atoms with E-state index in [0.717, 1.165) is 49.2 Å². The maximum Gasteiger partial charge on any atom is 0.357 e. The summed E-state index contributed by atoms with van der Waals surface area (Å²) in [5.74, 6) is -1.64. The lowest BCUT2D eigenvalue weighted by Crippen LogP contribution is -2.24. The molecule has 6 nitrogen and oxygen atoms in total. The van der Waals surface area contributed by atoms with Gasteiger partial charge in [0.05, 0.1) is 11.3 Å². The highest BCUT2D eigenvalue weighted by atomic mass is 16.4. The quantitative estimate of drug-likeness (QED) is 0.195. The number of hydrazone groups is 1. The molecule has 0 atom stereocenters. The second-order valence-corrected chi connectivity index (χ2v) is 11.1. The smallest absolute Gasteiger partial charge is 0.357 e. The normalized spacial score (nSPS) is 15.8. The Morgan fingerprint density at radius 1 is 0.927 bits per heavy atom. The second kappa shape index (κ2) is 13.0. The molecule has 5 rings (SSSR count). The summed E-state index contributed by atoms with van der Waals surface area (Å²) in [5.41, 5.74) is 7.16. The van der Waals surface area contributed by atoms with Crippen LogP contribution in [0, 0.1) is 6.92 Å². The van der Waals surface area contributed by atoms with Crippen molar-refractivity contribution >= 4 is 40.7 Å². The van der Waals surface area contributed by atoms with Crippen LogP contribution in [0.5, 0.6) is 0 Å². The first kappa shape index (κ1) is 28.3. The number of hydrogen-bond donors (Lipinski definition) is 1. The van der Waals surface area contributed by atoms with E-state index in [4.69, 9.17) is 0 Å². The highest BCUT2D eigenvalue weighted by Gasteiger charge is 2.35. The van der Waals surface area contributed by atoms with Crippen molar-refractivity contribution in [2.75, 3.05) is 16.5 Å². The molecule has 3 aromatic rings. The molecule has 212 valence electrons. The fourth-order valence-corrected chi connectivity index (χ4v) is 5.66. The molecule has 0 saturated heterocycles. The van der Waals surface area contributed by atoms with E-state index in [0.29, 0.717) is 5.69 Å². The Morgan fingerprint density at radius 3 is 2.37 bits per heavy atom. The number of unbranched alkanes of at least 4 members (excludes halogenated alkanes) is 5. The Morgan fingerprint density at radius 2 is 1.63 bits per heavy atom. The van der Waals surface area contributed by atoms with Crippen molar-refractivity contribution < 1.29 is 14.7 Å². The van der Waals surface area contributed by atoms with Crippen LogP contribution in [0.2, 0.25) is 0 Å². The SMILES string of the molecule is CCCCCCCCc1ccc(N2N=C(C(=O)O)/C(=C/c3ccc4c(c3)CCCN4c3ccc(C)cc3)C2=O)cc1. The third-order valence-electron chi connectivity index (χ3n) is 7.96. The Bertz CT molecular complexity index is 1450. The summed E-state index contributed by atoms with van der Waals surface area (Å²) in [6.45, 7) is 5.25. The monoisotopic (exact) mass is 549 g/mol. The zero-order chi connectivity index (χ0) is 28.8. The number of carboxylic acid groups (broad SMARTS) is 1. The first-order chi connectivity index (χ1) is 19.9. The van der Waals surface area contributed by atoms with Gasteiger partial charge in [-0.05, 0) is 91.8 Å². The van der Waals surface area contributed by atoms with Crippen LogP contribution in [0.1, 0.15) is 74.1 Å². The van der Waals surface area contributed by atoms with Crippen molar-refractivity contribution in [3.8, 4) is 0 Å². The van der Waals surface area contributed by atoms with Crippen molar-refractivity contribution in [1.82, 2.24) is 0 Å². The van der Waals surface area contributed by atoms with Crippen LogP contribution in [0.25, 0.3) is 6.08 Å². The lowest BCUT2D eigenvalue weighted by Gasteiger charge is -2.31. The molecule has 41 heavy (non-hydrogen) atoms. The van der Waals surface area contributed by atoms with Crippen molar-refractivity contribution in [3.63, 3.8) is 0 Å². The van der Waals surface area contributed by atoms with Gasteiger partial charge >= 0.3 is 5.97 Å². The average molecular weight is 550 g/mol. The molecule has 6 heteroatoms. The number of aryl methyl sites for hydroxylation is 3. The highest BCUT2D eigenvalue weighted by molar-refractivity contribution is 6.53. The van der Waals surface area contributed by atoms with Gasteiger partial charge in [0.1, 0.15) is 0 Å². The summed E-state index contributed by atoms with van der Waals surface area (Å²) < 4.78 is 0. The first-order valence-electron chi connectivity index (χ1n) is 14.9. The summed E-state index contributed by atoms with van der Waals surface area (Å²) >= 11 is 0. The average Bonchev–Trinajstić information content (AvgIpc) is 3.31. The molecule has 0 bridgehead atoms. The summed E-state index contributed by atoms with van der Waals surface area (Å²) in [5, 5.41) is 15.3. The molecule has 2 aliphatic heterocycles. The molecule has 2 heterocycles. The highest BCUT2D eigenvalue weighted by Crippen LogP contribution is 2.35. The zero-order valence-corrected chi connectivity index (χ0v) is 24.1. The molecule has 1 amide bonds. The van der Waals surface area contributed by atoms with E-state index >= 15 is 0 Å². The maximum absolute atomic E-state index is 13.4. The number of amides is 1. The second-order valence-electron chi connectivity index (χ2n) is 11.1. The number of carboxylic acids is 1. The van der Waals surface area contributed by atoms with Gasteiger partial charge in [-0.1, -0.05) is 74.9 Å². The minimum absolute atomic E-state index is 0.0970. The summed E-state index contributed by atoms with van der Waals surface area (Å²) in [6.07, 6.45) is 12.1. The Balaban J connectivity index is 1.32. The van der Waals surface area contributed by atoms with Crippen LogP contribution in [-0.2, 0) is 22.4 Å². The van der Waals surface area contributed by atoms with Crippen LogP contribution >= 0.6 is 0 Å². The number of carbonyl (C=O) groups is 2. The van der Waals surface area contributed by atoms with Crippen LogP contribution in [0.15, 0.2) is 77.4 Å². The van der Waals surface area contributed by atoms with Crippen LogP contribution in [0.4, 0.5) is 17.1 Å². The zero-order valence-electron chi connectivity index (χ0n) is 24.1. The first-order valence-corrected chi connectivity index (χ1v) is 14.9. The van der Waals surface area contributed by atoms with Crippen molar-refractivity contribution in [3.05, 3.63) is 94.6 Å². The predicted molar refractivity (Wildman–Crippen MR) is 167 cm³/mol. The third kappa shape index (κ3) is 6.59. The van der Waals surface area contributed by atoms with Gasteiger partial charge in [-0.15, -0.1) is 0 Å². The molecule has 3 aromatic carbocycles. The van der Waals surface area contributed by atoms with E-state index in [1.807, 2.05) is 30.3 Å². The van der Waals surface area contributed by atoms with E-state index in [-0.39, 0.29) is 11.3 Å². The van der Waals surface area contributed by atoms with Crippen LogP contribution in [0.3, 0.4) is 0 Å². The number of aliphatic carboxylic acids is 1. The Hall–Kier alpha value is -4.19. The van der Waals surface area contributed by atoms with Gasteiger partial charge in [-0.3, -0.25) is 4.79 Å². The molecular weight excluding hydrogens is 510 g/mol. The number of hydrogen-bond acceptors (Lipinski definition) is 4. The molecule has 1 N–H and O–H groups in total. The third-order valence-corrected chi connectivity index (χ3v) is 7.96. The van der Waals surface area contributed by atoms with Gasteiger partial charge in [0.2, 0.25) is 0 Å². The van der Waals surface area contributed by atoms with E-state index < -0.39 is 11.9 Å². The van der Waals surface area contributed by atoms with Gasteiger partial charge in [0.15, 0.2) is 5.71 Å². The van der Waals surface area contributed by atoms with Crippen LogP contribution < -0.4 is 9.91 Å². The fraction of sp³-hybridized carbons (Fsp3) is 0.343. The standard InChI is InChI=1S/C35H39N3O3/c1-3-4-5-6-7-8-10-26-14-19-30(20-15-26)38-34(39)31(33(36-38)35(40)41)24-27-16-21-32-28(23-27)11-9-22-37(32)29-17-12-25(2)13-18-29/h12-21,23-24H,3-11,22H2,1-2H3,(H,40,41)/b31-24-. The van der Waals surface area contributed by atoms with Crippen LogP contribution in [-0.4, -0.2) is 29.2 Å². The Labute approximate surface area is 243 Å². The predicted octanol–water partition coefficient (Wildman–Crippen LogP) is 7.85. The molecule has 0 fully saturated rings. The van der Waals surface area contributed by atoms with Gasteiger partial charge < -0.3 is 10.0 Å². The number of anilines is 3. The summed E-state index contributed by atoms with van der Waals surface area (Å²) in [4.78, 5) is 27.8. The molecular formula is C35H39N3O3. The molecule has 2 aliphatic rings. The van der Waals surface area contributed by atoms with E-state index in [1.54, 1.807) is 6.08 Å².